The van der Waals surface area contributed by atoms with Gasteiger partial charge in [0.25, 0.3) is 0 Å². The van der Waals surface area contributed by atoms with E-state index in [1.54, 1.807) is 0 Å². The fourth-order valence-corrected chi connectivity index (χ4v) is 7.43. The molecule has 9 heteroatoms. The van der Waals surface area contributed by atoms with Crippen molar-refractivity contribution in [1.82, 2.24) is 4.90 Å². The molecule has 0 bridgehead atoms. The quantitative estimate of drug-likeness (QED) is 0.461. The van der Waals surface area contributed by atoms with Crippen molar-refractivity contribution in [3.8, 4) is 11.1 Å². The van der Waals surface area contributed by atoms with Crippen molar-refractivity contribution in [3.05, 3.63) is 100 Å². The second-order valence-corrected chi connectivity index (χ2v) is 12.1. The highest BCUT2D eigenvalue weighted by Gasteiger charge is 2.54. The van der Waals surface area contributed by atoms with Crippen LogP contribution in [0.3, 0.4) is 0 Å². The molecule has 192 valence electrons. The van der Waals surface area contributed by atoms with Crippen molar-refractivity contribution in [1.29, 1.82) is 0 Å². The van der Waals surface area contributed by atoms with E-state index in [1.165, 1.54) is 18.2 Å². The van der Waals surface area contributed by atoms with Crippen LogP contribution in [-0.2, 0) is 25.9 Å². The zero-order valence-corrected chi connectivity index (χ0v) is 21.1. The number of nitrogens with zero attached hydrogens (tertiary/aromatic N) is 2. The molecule has 0 saturated heterocycles. The summed E-state index contributed by atoms with van der Waals surface area (Å²) in [7, 11) is -3.74. The summed E-state index contributed by atoms with van der Waals surface area (Å²) in [6.07, 6.45) is 0.332. The van der Waals surface area contributed by atoms with Crippen molar-refractivity contribution >= 4 is 21.9 Å². The predicted molar refractivity (Wildman–Crippen MR) is 138 cm³/mol. The SMILES string of the molecule is [C-]#[N+]C1(CS(=O)(=O)c2ccc3c(c2)CN(C(=O)OCC2c4ccccc4-c4ccccc42)C3C(=O)O)CC1. The van der Waals surface area contributed by atoms with Gasteiger partial charge in [0, 0.05) is 18.8 Å². The van der Waals surface area contributed by atoms with Crippen LogP contribution in [0, 0.1) is 6.57 Å². The Morgan fingerprint density at radius 2 is 1.63 bits per heavy atom. The maximum atomic E-state index is 13.2. The number of carbonyl (C=O) groups is 2. The summed E-state index contributed by atoms with van der Waals surface area (Å²) in [5.41, 5.74) is 4.21. The minimum Gasteiger partial charge on any atom is -0.479 e. The number of aliphatic carboxylic acids is 1. The van der Waals surface area contributed by atoms with Crippen molar-refractivity contribution in [2.45, 2.75) is 41.8 Å². The molecule has 38 heavy (non-hydrogen) atoms. The minimum absolute atomic E-state index is 0.0321. The third-order valence-electron chi connectivity index (χ3n) is 7.75. The lowest BCUT2D eigenvalue weighted by Crippen LogP contribution is -2.35. The van der Waals surface area contributed by atoms with Gasteiger partial charge in [0.2, 0.25) is 5.54 Å². The van der Waals surface area contributed by atoms with Crippen LogP contribution in [0.1, 0.15) is 47.1 Å². The van der Waals surface area contributed by atoms with Crippen molar-refractivity contribution in [2.75, 3.05) is 12.4 Å². The molecule has 1 heterocycles. The highest BCUT2D eigenvalue weighted by molar-refractivity contribution is 7.91. The smallest absolute Gasteiger partial charge is 0.411 e. The van der Waals surface area contributed by atoms with Gasteiger partial charge in [0.15, 0.2) is 15.9 Å². The summed E-state index contributed by atoms with van der Waals surface area (Å²) in [6.45, 7) is 7.26. The standard InChI is InChI=1S/C29H24N2O6S/c1-30-29(12-13-29)17-38(35,36)19-10-11-20-18(14-19)15-31(26(20)27(32)33)28(34)37-16-25-23-8-4-2-6-21(23)22-7-3-5-9-24(22)25/h2-11,14,25-26H,12-13,15-17H2,(H,32,33). The fraction of sp³-hybridized carbons (Fsp3) is 0.276. The Morgan fingerprint density at radius 3 is 2.21 bits per heavy atom. The molecule has 2 aliphatic carbocycles. The van der Waals surface area contributed by atoms with E-state index in [0.717, 1.165) is 27.2 Å². The summed E-state index contributed by atoms with van der Waals surface area (Å²) in [4.78, 5) is 30.0. The van der Waals surface area contributed by atoms with Crippen LogP contribution < -0.4 is 0 Å². The molecule has 0 spiro atoms. The Labute approximate surface area is 220 Å². The van der Waals surface area contributed by atoms with E-state index in [1.807, 2.05) is 48.5 Å². The van der Waals surface area contributed by atoms with Crippen molar-refractivity contribution in [3.63, 3.8) is 0 Å². The van der Waals surface area contributed by atoms with E-state index in [-0.39, 0.29) is 29.7 Å². The molecule has 3 aromatic carbocycles. The number of carbonyl (C=O) groups excluding carboxylic acids is 1. The van der Waals surface area contributed by atoms with Crippen LogP contribution in [0.5, 0.6) is 0 Å². The van der Waals surface area contributed by atoms with Gasteiger partial charge >= 0.3 is 12.1 Å². The van der Waals surface area contributed by atoms with Gasteiger partial charge < -0.3 is 14.7 Å². The molecule has 8 nitrogen and oxygen atoms in total. The first kappa shape index (κ1) is 24.2. The predicted octanol–water partition coefficient (Wildman–Crippen LogP) is 4.80. The van der Waals surface area contributed by atoms with Crippen LogP contribution in [0.2, 0.25) is 0 Å². The van der Waals surface area contributed by atoms with E-state index < -0.39 is 33.5 Å². The Bertz CT molecular complexity index is 1590. The molecule has 0 radical (unpaired) electrons. The van der Waals surface area contributed by atoms with Crippen molar-refractivity contribution in [2.24, 2.45) is 0 Å². The lowest BCUT2D eigenvalue weighted by Gasteiger charge is -2.23. The number of sulfone groups is 1. The highest BCUT2D eigenvalue weighted by atomic mass is 32.2. The number of amides is 1. The molecule has 3 aromatic rings. The molecule has 3 aliphatic rings. The van der Waals surface area contributed by atoms with Gasteiger partial charge in [-0.2, -0.15) is 0 Å². The molecule has 1 N–H and O–H groups in total. The summed E-state index contributed by atoms with van der Waals surface area (Å²) < 4.78 is 31.6. The molecular formula is C29H24N2O6S. The molecule has 6 rings (SSSR count). The van der Waals surface area contributed by atoms with Gasteiger partial charge in [0.05, 0.1) is 11.4 Å². The van der Waals surface area contributed by atoms with Gasteiger partial charge in [0.1, 0.15) is 12.4 Å². The fourth-order valence-electron chi connectivity index (χ4n) is 5.60. The number of ether oxygens (including phenoxy) is 1. The number of carboxylic acids is 1. The van der Waals surface area contributed by atoms with E-state index in [2.05, 4.69) is 4.85 Å². The Kier molecular flexibility index (Phi) is 5.54. The summed E-state index contributed by atoms with van der Waals surface area (Å²) >= 11 is 0. The Morgan fingerprint density at radius 1 is 1.00 bits per heavy atom. The first-order valence-corrected chi connectivity index (χ1v) is 14.0. The molecule has 1 fully saturated rings. The number of benzene rings is 3. The molecule has 1 aliphatic heterocycles. The summed E-state index contributed by atoms with van der Waals surface area (Å²) in [5.74, 6) is -1.66. The third kappa shape index (κ3) is 3.92. The monoisotopic (exact) mass is 528 g/mol. The molecule has 1 atom stereocenters. The molecule has 1 saturated carbocycles. The largest absolute Gasteiger partial charge is 0.479 e. The normalized spacial score (nSPS) is 18.7. The number of fused-ring (bicyclic) bond motifs is 4. The van der Waals surface area contributed by atoms with Gasteiger partial charge in [-0.15, -0.1) is 0 Å². The van der Waals surface area contributed by atoms with Crippen LogP contribution in [-0.4, -0.2) is 48.4 Å². The Hall–Kier alpha value is -4.16. The maximum absolute atomic E-state index is 13.2. The second kappa shape index (κ2) is 8.71. The molecular weight excluding hydrogens is 504 g/mol. The van der Waals surface area contributed by atoms with E-state index in [9.17, 15) is 23.1 Å². The average Bonchev–Trinajstić information content (AvgIpc) is 3.44. The van der Waals surface area contributed by atoms with Crippen molar-refractivity contribution < 1.29 is 27.9 Å². The maximum Gasteiger partial charge on any atom is 0.411 e. The van der Waals surface area contributed by atoms with Crippen LogP contribution in [0.15, 0.2) is 71.6 Å². The number of carboxylic acid groups (broad SMARTS) is 1. The summed E-state index contributed by atoms with van der Waals surface area (Å²) in [5, 5.41) is 9.94. The summed E-state index contributed by atoms with van der Waals surface area (Å²) in [6, 6.07) is 18.8. The first-order chi connectivity index (χ1) is 18.2. The second-order valence-electron chi connectivity index (χ2n) is 10.1. The number of hydrogen-bond acceptors (Lipinski definition) is 5. The topological polar surface area (TPSA) is 105 Å². The molecule has 1 unspecified atom stereocenters. The van der Waals surface area contributed by atoms with Gasteiger partial charge in [-0.25, -0.2) is 24.6 Å². The lowest BCUT2D eigenvalue weighted by molar-refractivity contribution is -0.142. The van der Waals surface area contributed by atoms with E-state index in [0.29, 0.717) is 24.0 Å². The molecule has 0 aromatic heterocycles. The first-order valence-electron chi connectivity index (χ1n) is 12.3. The number of rotatable bonds is 6. The van der Waals surface area contributed by atoms with Gasteiger partial charge in [-0.1, -0.05) is 54.6 Å². The van der Waals surface area contributed by atoms with Crippen LogP contribution >= 0.6 is 0 Å². The number of hydrogen-bond donors (Lipinski definition) is 1. The average molecular weight is 529 g/mol. The highest BCUT2D eigenvalue weighted by Crippen LogP contribution is 2.45. The minimum atomic E-state index is -3.74. The van der Waals surface area contributed by atoms with Crippen LogP contribution in [0.25, 0.3) is 16.0 Å². The van der Waals surface area contributed by atoms with Crippen LogP contribution in [0.4, 0.5) is 4.79 Å². The lowest BCUT2D eigenvalue weighted by atomic mass is 9.98. The van der Waals surface area contributed by atoms with Gasteiger partial charge in [-0.05, 0) is 45.5 Å². The third-order valence-corrected chi connectivity index (χ3v) is 9.64. The zero-order chi connectivity index (χ0) is 26.7. The van der Waals surface area contributed by atoms with E-state index >= 15 is 0 Å². The Balaban J connectivity index is 1.23. The molecule has 1 amide bonds. The zero-order valence-electron chi connectivity index (χ0n) is 20.3. The van der Waals surface area contributed by atoms with Gasteiger partial charge in [-0.3, -0.25) is 4.90 Å². The van der Waals surface area contributed by atoms with E-state index in [4.69, 9.17) is 11.3 Å².